The van der Waals surface area contributed by atoms with E-state index in [0.717, 1.165) is 28.4 Å². The molecule has 0 saturated heterocycles. The summed E-state index contributed by atoms with van der Waals surface area (Å²) in [5.74, 6) is 0.932. The Kier molecular flexibility index (Phi) is 4.70. The van der Waals surface area contributed by atoms with Crippen molar-refractivity contribution in [1.82, 2.24) is 9.88 Å². The zero-order valence-corrected chi connectivity index (χ0v) is 16.5. The van der Waals surface area contributed by atoms with Gasteiger partial charge >= 0.3 is 0 Å². The van der Waals surface area contributed by atoms with Crippen LogP contribution < -0.4 is 4.74 Å². The van der Waals surface area contributed by atoms with Crippen molar-refractivity contribution in [1.29, 1.82) is 0 Å². The van der Waals surface area contributed by atoms with Gasteiger partial charge in [0.15, 0.2) is 0 Å². The molecule has 0 aliphatic carbocycles. The number of benzene rings is 2. The number of ether oxygens (including phenoxy) is 1. The lowest BCUT2D eigenvalue weighted by Gasteiger charge is -2.21. The summed E-state index contributed by atoms with van der Waals surface area (Å²) < 4.78 is 5.97. The Labute approximate surface area is 163 Å². The Morgan fingerprint density at radius 1 is 1.22 bits per heavy atom. The van der Waals surface area contributed by atoms with Gasteiger partial charge in [-0.05, 0) is 37.6 Å². The fourth-order valence-corrected chi connectivity index (χ4v) is 4.26. The summed E-state index contributed by atoms with van der Waals surface area (Å²) in [7, 11) is 1.83. The molecule has 3 aromatic rings. The van der Waals surface area contributed by atoms with Crippen LogP contribution in [-0.2, 0) is 6.42 Å². The smallest absolute Gasteiger partial charge is 0.253 e. The molecule has 1 aliphatic rings. The van der Waals surface area contributed by atoms with Crippen molar-refractivity contribution >= 4 is 17.2 Å². The van der Waals surface area contributed by atoms with Crippen molar-refractivity contribution in [2.45, 2.75) is 26.4 Å². The van der Waals surface area contributed by atoms with Crippen LogP contribution in [0, 0.1) is 13.8 Å². The van der Waals surface area contributed by atoms with E-state index in [1.165, 1.54) is 10.4 Å². The topological polar surface area (TPSA) is 42.4 Å². The maximum atomic E-state index is 12.9. The van der Waals surface area contributed by atoms with E-state index in [0.29, 0.717) is 12.1 Å². The molecule has 4 nitrogen and oxygen atoms in total. The minimum Gasteiger partial charge on any atom is -0.488 e. The van der Waals surface area contributed by atoms with Crippen LogP contribution in [0.25, 0.3) is 10.6 Å². The van der Waals surface area contributed by atoms with Gasteiger partial charge in [0, 0.05) is 29.5 Å². The fourth-order valence-electron chi connectivity index (χ4n) is 3.35. The Hall–Kier alpha value is -2.66. The molecule has 0 spiro atoms. The van der Waals surface area contributed by atoms with Gasteiger partial charge in [0.2, 0.25) is 0 Å². The Balaban J connectivity index is 1.47. The minimum atomic E-state index is 0.00130. The number of aryl methyl sites for hydroxylation is 2. The van der Waals surface area contributed by atoms with Crippen LogP contribution in [0.2, 0.25) is 0 Å². The van der Waals surface area contributed by atoms with E-state index in [1.54, 1.807) is 16.2 Å². The molecular formula is C22H22N2O2S. The molecule has 0 bridgehead atoms. The number of rotatable bonds is 4. The number of carbonyl (C=O) groups is 1. The molecule has 4 rings (SSSR count). The normalized spacial score (nSPS) is 15.3. The molecule has 1 amide bonds. The van der Waals surface area contributed by atoms with Gasteiger partial charge in [0.05, 0.1) is 12.2 Å². The average molecular weight is 378 g/mol. The zero-order chi connectivity index (χ0) is 19.0. The number of carbonyl (C=O) groups excluding carboxylic acids is 1. The first-order chi connectivity index (χ1) is 13.0. The number of hydrogen-bond donors (Lipinski definition) is 0. The second kappa shape index (κ2) is 7.16. The third-order valence-electron chi connectivity index (χ3n) is 4.92. The average Bonchev–Trinajstić information content (AvgIpc) is 3.23. The zero-order valence-electron chi connectivity index (χ0n) is 15.7. The van der Waals surface area contributed by atoms with Gasteiger partial charge in [0.1, 0.15) is 16.9 Å². The number of aromatic nitrogens is 1. The van der Waals surface area contributed by atoms with E-state index in [2.05, 4.69) is 18.0 Å². The van der Waals surface area contributed by atoms with Gasteiger partial charge in [-0.1, -0.05) is 30.3 Å². The highest BCUT2D eigenvalue weighted by atomic mass is 32.1. The molecular weight excluding hydrogens is 356 g/mol. The largest absolute Gasteiger partial charge is 0.488 e. The predicted molar refractivity (Wildman–Crippen MR) is 109 cm³/mol. The van der Waals surface area contributed by atoms with Crippen molar-refractivity contribution in [3.05, 3.63) is 70.2 Å². The van der Waals surface area contributed by atoms with Gasteiger partial charge in [-0.2, -0.15) is 0 Å². The van der Waals surface area contributed by atoms with E-state index in [9.17, 15) is 4.79 Å². The lowest BCUT2D eigenvalue weighted by molar-refractivity contribution is 0.0730. The summed E-state index contributed by atoms with van der Waals surface area (Å²) in [5.41, 5.74) is 3.91. The molecule has 27 heavy (non-hydrogen) atoms. The summed E-state index contributed by atoms with van der Waals surface area (Å²) >= 11 is 1.66. The Bertz CT molecular complexity index is 951. The molecule has 1 aliphatic heterocycles. The van der Waals surface area contributed by atoms with Crippen molar-refractivity contribution in [3.63, 3.8) is 0 Å². The second-order valence-electron chi connectivity index (χ2n) is 6.98. The number of fused-ring (bicyclic) bond motifs is 1. The second-order valence-corrected chi connectivity index (χ2v) is 8.18. The van der Waals surface area contributed by atoms with Crippen LogP contribution in [-0.4, -0.2) is 35.5 Å². The van der Waals surface area contributed by atoms with Crippen molar-refractivity contribution in [3.8, 4) is 16.3 Å². The molecule has 2 aromatic carbocycles. The van der Waals surface area contributed by atoms with Crippen LogP contribution >= 0.6 is 11.3 Å². The highest BCUT2D eigenvalue weighted by Crippen LogP contribution is 2.29. The van der Waals surface area contributed by atoms with E-state index in [-0.39, 0.29) is 12.0 Å². The van der Waals surface area contributed by atoms with Crippen LogP contribution in [0.15, 0.2) is 48.5 Å². The molecule has 2 heterocycles. The van der Waals surface area contributed by atoms with E-state index in [1.807, 2.05) is 56.4 Å². The Morgan fingerprint density at radius 3 is 2.78 bits per heavy atom. The van der Waals surface area contributed by atoms with Crippen molar-refractivity contribution < 1.29 is 9.53 Å². The standard InChI is InChI=1S/C22H22N2O2S/c1-14-15(2)27-21(23-14)17-8-6-9-18(11-17)22(25)24(3)13-19-12-16-7-4-5-10-20(16)26-19/h4-11,19H,12-13H2,1-3H3/t19-/m1/s1. The van der Waals surface area contributed by atoms with Crippen LogP contribution in [0.1, 0.15) is 26.5 Å². The van der Waals surface area contributed by atoms with E-state index >= 15 is 0 Å². The van der Waals surface area contributed by atoms with Gasteiger partial charge < -0.3 is 9.64 Å². The highest BCUT2D eigenvalue weighted by molar-refractivity contribution is 7.15. The third kappa shape index (κ3) is 3.60. The molecule has 0 unspecified atom stereocenters. The predicted octanol–water partition coefficient (Wildman–Crippen LogP) is 4.50. The maximum Gasteiger partial charge on any atom is 0.253 e. The SMILES string of the molecule is Cc1nc(-c2cccc(C(=O)N(C)C[C@H]3Cc4ccccc4O3)c2)sc1C. The Morgan fingerprint density at radius 2 is 2.04 bits per heavy atom. The van der Waals surface area contributed by atoms with Crippen molar-refractivity contribution in [2.75, 3.05) is 13.6 Å². The quantitative estimate of drug-likeness (QED) is 0.671. The fraction of sp³-hybridized carbons (Fsp3) is 0.273. The minimum absolute atomic E-state index is 0.00130. The number of thiazole rings is 1. The number of amides is 1. The first-order valence-electron chi connectivity index (χ1n) is 9.06. The van der Waals surface area contributed by atoms with Gasteiger partial charge in [-0.3, -0.25) is 4.79 Å². The molecule has 0 N–H and O–H groups in total. The summed E-state index contributed by atoms with van der Waals surface area (Å²) in [6.45, 7) is 4.64. The van der Waals surface area contributed by atoms with Gasteiger partial charge in [-0.15, -0.1) is 11.3 Å². The first-order valence-corrected chi connectivity index (χ1v) is 9.87. The van der Waals surface area contributed by atoms with Crippen LogP contribution in [0.4, 0.5) is 0 Å². The lowest BCUT2D eigenvalue weighted by Crippen LogP contribution is -2.36. The lowest BCUT2D eigenvalue weighted by atomic mass is 10.1. The molecule has 0 radical (unpaired) electrons. The van der Waals surface area contributed by atoms with E-state index in [4.69, 9.17) is 4.74 Å². The monoisotopic (exact) mass is 378 g/mol. The molecule has 5 heteroatoms. The summed E-state index contributed by atoms with van der Waals surface area (Å²) in [6, 6.07) is 15.8. The number of nitrogens with zero attached hydrogens (tertiary/aromatic N) is 2. The number of likely N-dealkylation sites (N-methyl/N-ethyl adjacent to an activating group) is 1. The van der Waals surface area contributed by atoms with E-state index < -0.39 is 0 Å². The first kappa shape index (κ1) is 17.7. The van der Waals surface area contributed by atoms with Gasteiger partial charge in [-0.25, -0.2) is 4.98 Å². The summed E-state index contributed by atoms with van der Waals surface area (Å²) in [6.07, 6.45) is 0.842. The summed E-state index contributed by atoms with van der Waals surface area (Å²) in [5, 5.41) is 0.955. The van der Waals surface area contributed by atoms with Gasteiger partial charge in [0.25, 0.3) is 5.91 Å². The number of hydrogen-bond acceptors (Lipinski definition) is 4. The molecule has 1 aromatic heterocycles. The number of para-hydroxylation sites is 1. The molecule has 0 saturated carbocycles. The van der Waals surface area contributed by atoms with Crippen LogP contribution in [0.5, 0.6) is 5.75 Å². The summed E-state index contributed by atoms with van der Waals surface area (Å²) in [4.78, 5) is 20.5. The van der Waals surface area contributed by atoms with Crippen molar-refractivity contribution in [2.24, 2.45) is 0 Å². The third-order valence-corrected chi connectivity index (χ3v) is 6.04. The highest BCUT2D eigenvalue weighted by Gasteiger charge is 2.25. The molecule has 1 atom stereocenters. The maximum absolute atomic E-state index is 12.9. The van der Waals surface area contributed by atoms with Crippen LogP contribution in [0.3, 0.4) is 0 Å². The molecule has 138 valence electrons. The molecule has 0 fully saturated rings.